The molecule has 1 aliphatic heterocycles. The van der Waals surface area contributed by atoms with E-state index in [0.717, 1.165) is 100 Å². The number of alkyl halides is 3. The number of hydrogen-bond acceptors (Lipinski definition) is 17. The Kier molecular flexibility index (Phi) is 22.5. The molecule has 0 unspecified atom stereocenters. The minimum atomic E-state index is -4.58. The van der Waals surface area contributed by atoms with E-state index in [-0.39, 0.29) is 55.6 Å². The molecule has 4 aliphatic carbocycles. The van der Waals surface area contributed by atoms with Gasteiger partial charge in [0.15, 0.2) is 11.6 Å². The van der Waals surface area contributed by atoms with Gasteiger partial charge in [0.1, 0.15) is 42.8 Å². The fourth-order valence-electron chi connectivity index (χ4n) is 14.2. The number of amides is 6. The van der Waals surface area contributed by atoms with Gasteiger partial charge in [-0.3, -0.25) is 49.4 Å². The molecule has 5 fully saturated rings. The minimum absolute atomic E-state index is 0.0888. The maximum Gasteiger partial charge on any atom is 0.433 e. The van der Waals surface area contributed by atoms with E-state index in [1.165, 1.54) is 18.2 Å². The molecule has 4 heterocycles. The number of pyridine rings is 3. The second-order valence-corrected chi connectivity index (χ2v) is 28.2. The number of hydroxylamine groups is 3. The number of hydrogen-bond donors (Lipinski definition) is 9. The van der Waals surface area contributed by atoms with Crippen molar-refractivity contribution in [2.24, 2.45) is 40.2 Å². The molecular formula is C79H83F4N11O12. The Bertz CT molecular complexity index is 4770. The van der Waals surface area contributed by atoms with Gasteiger partial charge in [0, 0.05) is 71.3 Å². The molecule has 5 aliphatic rings. The summed E-state index contributed by atoms with van der Waals surface area (Å²) in [6, 6.07) is 46.1. The number of nitrogens with zero attached hydrogens (tertiary/aromatic N) is 5. The van der Waals surface area contributed by atoms with E-state index in [9.17, 15) is 46.3 Å². The molecule has 14 rings (SSSR count). The SMILES string of the molecule is CN(C)CCNC(=O)[C@@]1(Cc2ccc(OCc3cc(C(F)(F)F)nc4ccccc34)cc2)C[C@@H]1C(=O)NO.Cc1cc(COc2cccc([C@@]3(C(=O)NCC4CC4)C[C@H]3C(=O)NO)c2)c2ccccc2n1.NC(=O)[C@@]1(Cc2ccc(OCc3cc(N4CCCC4)nc4ccccc34)c(F)c2)C[C@@H]1C(=O)NO. The highest BCUT2D eigenvalue weighted by Gasteiger charge is 2.66. The lowest BCUT2D eigenvalue weighted by atomic mass is 9.91. The van der Waals surface area contributed by atoms with E-state index in [1.807, 2.05) is 111 Å². The molecular weight excluding hydrogens is 1370 g/mol. The van der Waals surface area contributed by atoms with Crippen molar-refractivity contribution in [2.75, 3.05) is 51.7 Å². The summed E-state index contributed by atoms with van der Waals surface area (Å²) in [5, 5.41) is 35.5. The lowest BCUT2D eigenvalue weighted by molar-refractivity contribution is -0.141. The van der Waals surface area contributed by atoms with Crippen LogP contribution in [0.25, 0.3) is 32.7 Å². The second kappa shape index (κ2) is 31.8. The van der Waals surface area contributed by atoms with Crippen molar-refractivity contribution < 1.29 is 76.2 Å². The van der Waals surface area contributed by atoms with E-state index in [0.29, 0.717) is 73.0 Å². The molecule has 10 N–H and O–H groups in total. The predicted molar refractivity (Wildman–Crippen MR) is 383 cm³/mol. The van der Waals surface area contributed by atoms with Gasteiger partial charge in [0.05, 0.1) is 50.5 Å². The van der Waals surface area contributed by atoms with Crippen LogP contribution >= 0.6 is 0 Å². The highest BCUT2D eigenvalue weighted by molar-refractivity contribution is 6.01. The van der Waals surface area contributed by atoms with Crippen LogP contribution in [0.3, 0.4) is 0 Å². The van der Waals surface area contributed by atoms with Gasteiger partial charge in [-0.1, -0.05) is 84.9 Å². The molecule has 6 atom stereocenters. The molecule has 27 heteroatoms. The number of carbonyl (C=O) groups excluding carboxylic acids is 6. The van der Waals surface area contributed by atoms with Gasteiger partial charge in [0.2, 0.25) is 35.4 Å². The van der Waals surface area contributed by atoms with Crippen molar-refractivity contribution in [3.63, 3.8) is 0 Å². The normalized spacial score (nSPS) is 20.4. The third kappa shape index (κ3) is 16.9. The van der Waals surface area contributed by atoms with Gasteiger partial charge >= 0.3 is 6.18 Å². The van der Waals surface area contributed by atoms with Crippen molar-refractivity contribution in [1.82, 2.24) is 46.9 Å². The van der Waals surface area contributed by atoms with E-state index in [1.54, 1.807) is 65.0 Å². The Labute approximate surface area is 608 Å². The first-order chi connectivity index (χ1) is 50.9. The van der Waals surface area contributed by atoms with Gasteiger partial charge in [-0.15, -0.1) is 0 Å². The molecule has 23 nitrogen and oxygen atoms in total. The zero-order chi connectivity index (χ0) is 75.1. The summed E-state index contributed by atoms with van der Waals surface area (Å²) in [6.45, 7) is 6.01. The quantitative estimate of drug-likeness (QED) is 0.0138. The molecule has 6 aromatic carbocycles. The Morgan fingerprint density at radius 3 is 1.74 bits per heavy atom. The standard InChI is InChI=1S/C27H29F3N4O4.C26H27FN4O4.C26H27N3O4/c1-34(2)12-11-31-25(36)26(15-21(26)24(35)33-37)14-17-7-9-19(10-8-17)38-16-18-13-23(27(28,29)30)32-22-6-4-3-5-20(18)22;27-20-11-16(13-26(25(28)33)14-19(26)24(32)30-34)7-8-22(20)35-15-17-12-23(31-9-3-4-10-31)29-21-6-2-1-5-18(17)21;1-16-11-18(21-7-2-3-8-23(21)28-16)15-33-20-6-4-5-19(12-20)26(13-22(26)24(30)29-32)25(31)27-14-17-9-10-17/h3-10,13,21,37H,11-12,14-16H2,1-2H3,(H,31,36)(H,33,35);1-2,5-8,11-12,19,34H,3-4,9-10,13-15H2,(H2,28,33)(H,30,32);2-8,11-12,17,22,32H,9-10,13-15H2,1H3,(H,27,31)(H,29,30)/t21-,26+;19-,26+;22-,26-/m110/s1. The van der Waals surface area contributed by atoms with Gasteiger partial charge < -0.3 is 40.4 Å². The number of halogens is 4. The summed E-state index contributed by atoms with van der Waals surface area (Å²) in [5.74, 6) is -2.85. The van der Waals surface area contributed by atoms with E-state index in [2.05, 4.69) is 25.5 Å². The molecule has 0 bridgehead atoms. The third-order valence-electron chi connectivity index (χ3n) is 20.6. The molecule has 6 amide bonds. The number of likely N-dealkylation sites (N-methyl/N-ethyl adjacent to an activating group) is 1. The summed E-state index contributed by atoms with van der Waals surface area (Å²) in [6.07, 6.45) is 1.21. The minimum Gasteiger partial charge on any atom is -0.489 e. The smallest absolute Gasteiger partial charge is 0.433 e. The lowest BCUT2D eigenvalue weighted by Gasteiger charge is -2.19. The molecule has 1 saturated heterocycles. The third-order valence-corrected chi connectivity index (χ3v) is 20.6. The summed E-state index contributed by atoms with van der Waals surface area (Å²) in [7, 11) is 3.77. The number of rotatable bonds is 26. The highest BCUT2D eigenvalue weighted by atomic mass is 19.4. The van der Waals surface area contributed by atoms with E-state index in [4.69, 9.17) is 40.5 Å². The molecule has 0 radical (unpaired) electrons. The van der Waals surface area contributed by atoms with E-state index < -0.39 is 75.3 Å². The summed E-state index contributed by atoms with van der Waals surface area (Å²) in [5.41, 5.74) is 13.7. The molecule has 9 aromatic rings. The zero-order valence-electron chi connectivity index (χ0n) is 58.7. The molecule has 106 heavy (non-hydrogen) atoms. The number of carbonyl (C=O) groups is 6. The summed E-state index contributed by atoms with van der Waals surface area (Å²) in [4.78, 5) is 91.4. The van der Waals surface area contributed by atoms with Crippen LogP contribution in [0.5, 0.6) is 17.2 Å². The topological polar surface area (TPSA) is 322 Å². The van der Waals surface area contributed by atoms with Gasteiger partial charge in [-0.2, -0.15) is 13.2 Å². The van der Waals surface area contributed by atoms with Crippen molar-refractivity contribution in [3.8, 4) is 17.2 Å². The van der Waals surface area contributed by atoms with Crippen molar-refractivity contribution in [3.05, 3.63) is 208 Å². The van der Waals surface area contributed by atoms with Crippen LogP contribution in [0.4, 0.5) is 23.4 Å². The number of anilines is 1. The maximum absolute atomic E-state index is 14.9. The van der Waals surface area contributed by atoms with Crippen LogP contribution in [0.1, 0.15) is 89.7 Å². The summed E-state index contributed by atoms with van der Waals surface area (Å²) < 4.78 is 72.7. The maximum atomic E-state index is 14.9. The number of para-hydroxylation sites is 3. The largest absolute Gasteiger partial charge is 0.489 e. The van der Waals surface area contributed by atoms with Crippen molar-refractivity contribution in [2.45, 2.75) is 96.1 Å². The van der Waals surface area contributed by atoms with Crippen LogP contribution in [0.15, 0.2) is 158 Å². The highest BCUT2D eigenvalue weighted by Crippen LogP contribution is 2.57. The first kappa shape index (κ1) is 74.8. The zero-order valence-corrected chi connectivity index (χ0v) is 58.7. The Morgan fingerprint density at radius 1 is 0.585 bits per heavy atom. The monoisotopic (exact) mass is 1450 g/mol. The van der Waals surface area contributed by atoms with Crippen LogP contribution in [-0.2, 0) is 73.0 Å². The van der Waals surface area contributed by atoms with Crippen LogP contribution < -0.4 is 51.9 Å². The molecule has 3 aromatic heterocycles. The first-order valence-corrected chi connectivity index (χ1v) is 35.1. The fraction of sp³-hybridized carbons (Fsp3) is 0.354. The number of ether oxygens (including phenoxy) is 3. The lowest BCUT2D eigenvalue weighted by Crippen LogP contribution is -2.40. The number of benzene rings is 6. The Balaban J connectivity index is 0.000000149. The van der Waals surface area contributed by atoms with Crippen LogP contribution in [0.2, 0.25) is 0 Å². The predicted octanol–water partition coefficient (Wildman–Crippen LogP) is 10.1. The van der Waals surface area contributed by atoms with Gasteiger partial charge in [-0.05, 0) is 174 Å². The average molecular weight is 1450 g/mol. The van der Waals surface area contributed by atoms with Gasteiger partial charge in [-0.25, -0.2) is 30.8 Å². The van der Waals surface area contributed by atoms with Crippen molar-refractivity contribution in [1.29, 1.82) is 0 Å². The molecule has 554 valence electrons. The molecule has 0 spiro atoms. The number of nitrogens with two attached hydrogens (primary N) is 1. The Morgan fingerprint density at radius 2 is 1.13 bits per heavy atom. The van der Waals surface area contributed by atoms with Crippen molar-refractivity contribution >= 4 is 74.0 Å². The number of aryl methyl sites for hydroxylation is 1. The van der Waals surface area contributed by atoms with Crippen LogP contribution in [0, 0.1) is 47.2 Å². The first-order valence-electron chi connectivity index (χ1n) is 35.1. The summed E-state index contributed by atoms with van der Waals surface area (Å²) >= 11 is 0. The van der Waals surface area contributed by atoms with Gasteiger partial charge in [0.25, 0.3) is 0 Å². The van der Waals surface area contributed by atoms with E-state index >= 15 is 0 Å². The number of fused-ring (bicyclic) bond motifs is 3. The second-order valence-electron chi connectivity index (χ2n) is 28.2. The average Bonchev–Trinajstić information content (AvgIpc) is 1.57. The molecule has 4 saturated carbocycles. The number of aromatic nitrogens is 3. The number of nitrogens with one attached hydrogen (secondary N) is 5. The Hall–Kier alpha value is -10.9. The fourth-order valence-corrected chi connectivity index (χ4v) is 14.2. The van der Waals surface area contributed by atoms with Crippen LogP contribution in [-0.4, -0.2) is 118 Å². The number of primary amides is 1.